The van der Waals surface area contributed by atoms with Crippen LogP contribution in [0.25, 0.3) is 11.2 Å². The van der Waals surface area contributed by atoms with E-state index in [1.165, 1.54) is 0 Å². The molecule has 0 radical (unpaired) electrons. The highest BCUT2D eigenvalue weighted by atomic mass is 14.9. The van der Waals surface area contributed by atoms with E-state index in [2.05, 4.69) is 15.0 Å². The molecule has 2 rings (SSSR count). The number of fused-ring (bicyclic) bond motifs is 1. The van der Waals surface area contributed by atoms with E-state index in [0.29, 0.717) is 12.2 Å². The summed E-state index contributed by atoms with van der Waals surface area (Å²) in [4.78, 5) is 12.3. The molecule has 12 heavy (non-hydrogen) atoms. The quantitative estimate of drug-likeness (QED) is 0.659. The van der Waals surface area contributed by atoms with Crippen molar-refractivity contribution in [1.82, 2.24) is 15.0 Å². The first-order valence-electron chi connectivity index (χ1n) is 3.67. The van der Waals surface area contributed by atoms with E-state index in [1.807, 2.05) is 12.1 Å². The first-order chi connectivity index (χ1) is 5.90. The number of pyridine rings is 1. The monoisotopic (exact) mass is 160 g/mol. The maximum absolute atomic E-state index is 5.43. The summed E-state index contributed by atoms with van der Waals surface area (Å²) in [6, 6.07) is 3.73. The normalized spacial score (nSPS) is 10.4. The first kappa shape index (κ1) is 7.12. The van der Waals surface area contributed by atoms with E-state index >= 15 is 0 Å². The molecular formula is C8H8N4. The molecule has 0 unspecified atom stereocenters. The fraction of sp³-hybridized carbons (Fsp3) is 0.125. The van der Waals surface area contributed by atoms with Crippen molar-refractivity contribution in [2.75, 3.05) is 0 Å². The summed E-state index contributed by atoms with van der Waals surface area (Å²) in [6.45, 7) is 0.437. The lowest BCUT2D eigenvalue weighted by atomic mass is 10.3. The van der Waals surface area contributed by atoms with Gasteiger partial charge < -0.3 is 5.73 Å². The summed E-state index contributed by atoms with van der Waals surface area (Å²) in [6.07, 6.45) is 3.27. The average molecular weight is 160 g/mol. The molecule has 0 saturated carbocycles. The van der Waals surface area contributed by atoms with Crippen LogP contribution in [-0.4, -0.2) is 15.0 Å². The summed E-state index contributed by atoms with van der Waals surface area (Å²) in [7, 11) is 0. The molecule has 0 fully saturated rings. The summed E-state index contributed by atoms with van der Waals surface area (Å²) >= 11 is 0. The lowest BCUT2D eigenvalue weighted by molar-refractivity contribution is 0.996. The Kier molecular flexibility index (Phi) is 1.68. The van der Waals surface area contributed by atoms with Crippen LogP contribution in [0.5, 0.6) is 0 Å². The van der Waals surface area contributed by atoms with Crippen molar-refractivity contribution in [3.05, 3.63) is 30.2 Å². The van der Waals surface area contributed by atoms with Crippen molar-refractivity contribution in [2.45, 2.75) is 6.54 Å². The Hall–Kier alpha value is -1.55. The zero-order chi connectivity index (χ0) is 8.39. The molecule has 4 nitrogen and oxygen atoms in total. The number of hydrogen-bond acceptors (Lipinski definition) is 4. The highest BCUT2D eigenvalue weighted by Crippen LogP contribution is 2.04. The molecule has 2 heterocycles. The molecule has 0 saturated heterocycles. The Balaban J connectivity index is 2.67. The van der Waals surface area contributed by atoms with Crippen molar-refractivity contribution in [3.63, 3.8) is 0 Å². The van der Waals surface area contributed by atoms with Crippen LogP contribution in [0.2, 0.25) is 0 Å². The van der Waals surface area contributed by atoms with E-state index in [4.69, 9.17) is 5.73 Å². The molecule has 60 valence electrons. The number of nitrogens with zero attached hydrogens (tertiary/aromatic N) is 3. The first-order valence-corrected chi connectivity index (χ1v) is 3.67. The summed E-state index contributed by atoms with van der Waals surface area (Å²) in [5.74, 6) is 0. The Morgan fingerprint density at radius 1 is 1.17 bits per heavy atom. The zero-order valence-electron chi connectivity index (χ0n) is 6.44. The van der Waals surface area contributed by atoms with Crippen LogP contribution in [0, 0.1) is 0 Å². The Morgan fingerprint density at radius 3 is 2.83 bits per heavy atom. The summed E-state index contributed by atoms with van der Waals surface area (Å²) in [5.41, 5.74) is 7.72. The van der Waals surface area contributed by atoms with Crippen LogP contribution in [0.1, 0.15) is 5.69 Å². The van der Waals surface area contributed by atoms with Crippen molar-refractivity contribution in [2.24, 2.45) is 5.73 Å². The van der Waals surface area contributed by atoms with Crippen LogP contribution < -0.4 is 5.73 Å². The second kappa shape index (κ2) is 2.83. The second-order valence-electron chi connectivity index (χ2n) is 2.41. The smallest absolute Gasteiger partial charge is 0.178 e. The molecule has 2 aromatic rings. The molecular weight excluding hydrogens is 152 g/mol. The van der Waals surface area contributed by atoms with E-state index in [-0.39, 0.29) is 0 Å². The molecule has 0 amide bonds. The molecule has 0 atom stereocenters. The van der Waals surface area contributed by atoms with Gasteiger partial charge in [0.2, 0.25) is 0 Å². The fourth-order valence-corrected chi connectivity index (χ4v) is 1.01. The van der Waals surface area contributed by atoms with Gasteiger partial charge in [0, 0.05) is 18.9 Å². The van der Waals surface area contributed by atoms with Crippen LogP contribution in [0.3, 0.4) is 0 Å². The molecule has 0 aliphatic carbocycles. The summed E-state index contributed by atoms with van der Waals surface area (Å²) in [5, 5.41) is 0. The number of aromatic nitrogens is 3. The Labute approximate surface area is 69.5 Å². The highest BCUT2D eigenvalue weighted by Gasteiger charge is 1.96. The van der Waals surface area contributed by atoms with Gasteiger partial charge in [-0.1, -0.05) is 0 Å². The Bertz CT molecular complexity index is 399. The van der Waals surface area contributed by atoms with Crippen molar-refractivity contribution >= 4 is 11.2 Å². The van der Waals surface area contributed by atoms with Gasteiger partial charge in [0.1, 0.15) is 5.52 Å². The molecule has 0 bridgehead atoms. The number of rotatable bonds is 1. The van der Waals surface area contributed by atoms with Gasteiger partial charge in [-0.15, -0.1) is 0 Å². The minimum absolute atomic E-state index is 0.437. The highest BCUT2D eigenvalue weighted by molar-refractivity contribution is 5.68. The Morgan fingerprint density at radius 2 is 2.00 bits per heavy atom. The number of nitrogens with two attached hydrogens (primary N) is 1. The third-order valence-electron chi connectivity index (χ3n) is 1.60. The van der Waals surface area contributed by atoms with Gasteiger partial charge in [-0.25, -0.2) is 9.97 Å². The van der Waals surface area contributed by atoms with E-state index in [9.17, 15) is 0 Å². The van der Waals surface area contributed by atoms with Crippen LogP contribution in [-0.2, 0) is 6.54 Å². The fourth-order valence-electron chi connectivity index (χ4n) is 1.01. The minimum Gasteiger partial charge on any atom is -0.325 e. The molecule has 0 aliphatic heterocycles. The largest absolute Gasteiger partial charge is 0.325 e. The van der Waals surface area contributed by atoms with E-state index in [0.717, 1.165) is 11.2 Å². The molecule has 2 aromatic heterocycles. The lowest BCUT2D eigenvalue weighted by Crippen LogP contribution is -2.00. The van der Waals surface area contributed by atoms with Crippen molar-refractivity contribution < 1.29 is 0 Å². The van der Waals surface area contributed by atoms with Crippen LogP contribution in [0.15, 0.2) is 24.5 Å². The lowest BCUT2D eigenvalue weighted by Gasteiger charge is -1.96. The van der Waals surface area contributed by atoms with Gasteiger partial charge in [-0.2, -0.15) is 0 Å². The minimum atomic E-state index is 0.437. The third-order valence-corrected chi connectivity index (χ3v) is 1.60. The van der Waals surface area contributed by atoms with Crippen molar-refractivity contribution in [3.8, 4) is 0 Å². The summed E-state index contributed by atoms with van der Waals surface area (Å²) < 4.78 is 0. The molecule has 0 spiro atoms. The van der Waals surface area contributed by atoms with Gasteiger partial charge >= 0.3 is 0 Å². The standard InChI is InChI=1S/C8H8N4/c9-5-6-1-2-7-8(12-6)11-4-3-10-7/h1-4H,5,9H2. The maximum atomic E-state index is 5.43. The van der Waals surface area contributed by atoms with Gasteiger partial charge in [-0.05, 0) is 12.1 Å². The average Bonchev–Trinajstić information content (AvgIpc) is 2.17. The van der Waals surface area contributed by atoms with Gasteiger partial charge in [-0.3, -0.25) is 4.98 Å². The zero-order valence-corrected chi connectivity index (χ0v) is 6.44. The molecule has 2 N–H and O–H groups in total. The van der Waals surface area contributed by atoms with Crippen molar-refractivity contribution in [1.29, 1.82) is 0 Å². The number of hydrogen-bond donors (Lipinski definition) is 1. The predicted molar refractivity (Wildman–Crippen MR) is 45.2 cm³/mol. The molecule has 0 aromatic carbocycles. The van der Waals surface area contributed by atoms with E-state index < -0.39 is 0 Å². The van der Waals surface area contributed by atoms with Crippen LogP contribution >= 0.6 is 0 Å². The van der Waals surface area contributed by atoms with E-state index in [1.54, 1.807) is 12.4 Å². The predicted octanol–water partition coefficient (Wildman–Crippen LogP) is 0.483. The molecule has 0 aliphatic rings. The third kappa shape index (κ3) is 1.12. The second-order valence-corrected chi connectivity index (χ2v) is 2.41. The van der Waals surface area contributed by atoms with Gasteiger partial charge in [0.25, 0.3) is 0 Å². The maximum Gasteiger partial charge on any atom is 0.178 e. The topological polar surface area (TPSA) is 64.7 Å². The molecule has 4 heteroatoms. The SMILES string of the molecule is NCc1ccc2nccnc2n1. The van der Waals surface area contributed by atoms with Gasteiger partial charge in [0.15, 0.2) is 5.65 Å². The van der Waals surface area contributed by atoms with Crippen LogP contribution in [0.4, 0.5) is 0 Å². The van der Waals surface area contributed by atoms with Gasteiger partial charge in [0.05, 0.1) is 5.69 Å².